The molecule has 0 bridgehead atoms. The third kappa shape index (κ3) is 4.17. The van der Waals surface area contributed by atoms with Crippen LogP contribution in [0.5, 0.6) is 0 Å². The highest BCUT2D eigenvalue weighted by molar-refractivity contribution is 5.83. The molecule has 2 atom stereocenters. The van der Waals surface area contributed by atoms with E-state index in [0.29, 0.717) is 12.5 Å². The Labute approximate surface area is 143 Å². The second kappa shape index (κ2) is 7.53. The smallest absolute Gasteiger partial charge is 0.226 e. The summed E-state index contributed by atoms with van der Waals surface area (Å²) in [5, 5.41) is 0. The molecular weight excluding hydrogens is 300 g/mol. The number of likely N-dealkylation sites (N-methyl/N-ethyl adjacent to an activating group) is 1. The van der Waals surface area contributed by atoms with Gasteiger partial charge in [0.05, 0.1) is 0 Å². The Morgan fingerprint density at radius 3 is 2.50 bits per heavy atom. The Morgan fingerprint density at radius 1 is 1.12 bits per heavy atom. The first-order valence-corrected chi connectivity index (χ1v) is 8.37. The summed E-state index contributed by atoms with van der Waals surface area (Å²) >= 11 is 0. The van der Waals surface area contributed by atoms with E-state index in [2.05, 4.69) is 20.9 Å². The first-order chi connectivity index (χ1) is 11.6. The Kier molecular flexibility index (Phi) is 5.20. The summed E-state index contributed by atoms with van der Waals surface area (Å²) in [6, 6.07) is 7.94. The van der Waals surface area contributed by atoms with Crippen LogP contribution in [-0.2, 0) is 11.3 Å². The quantitative estimate of drug-likeness (QED) is 0.783. The van der Waals surface area contributed by atoms with E-state index in [9.17, 15) is 4.79 Å². The minimum atomic E-state index is 0.0908. The minimum absolute atomic E-state index is 0.0908. The van der Waals surface area contributed by atoms with Crippen LogP contribution in [-0.4, -0.2) is 52.9 Å². The summed E-state index contributed by atoms with van der Waals surface area (Å²) in [4.78, 5) is 25.4. The maximum absolute atomic E-state index is 13.0. The van der Waals surface area contributed by atoms with Crippen LogP contribution >= 0.6 is 0 Å². The standard InChI is InChI=1S/C19H24N4O/c1-22(2)9-10-23(14-15-5-3-7-20-12-15)19(24)18-11-17(18)16-6-4-8-21-13-16/h3-8,12-13,17-18H,9-11,14H2,1-2H3/t17-,18+/m0/s1. The van der Waals surface area contributed by atoms with Crippen molar-refractivity contribution in [3.63, 3.8) is 0 Å². The van der Waals surface area contributed by atoms with Gasteiger partial charge in [-0.3, -0.25) is 14.8 Å². The van der Waals surface area contributed by atoms with Gasteiger partial charge in [-0.15, -0.1) is 0 Å². The number of carbonyl (C=O) groups excluding carboxylic acids is 1. The van der Waals surface area contributed by atoms with Gasteiger partial charge in [-0.2, -0.15) is 0 Å². The van der Waals surface area contributed by atoms with E-state index in [4.69, 9.17) is 0 Å². The highest BCUT2D eigenvalue weighted by Gasteiger charge is 2.45. The number of hydrogen-bond acceptors (Lipinski definition) is 4. The molecule has 5 nitrogen and oxygen atoms in total. The molecule has 1 fully saturated rings. The van der Waals surface area contributed by atoms with E-state index in [1.807, 2.05) is 49.6 Å². The molecule has 0 spiro atoms. The maximum Gasteiger partial charge on any atom is 0.226 e. The summed E-state index contributed by atoms with van der Waals surface area (Å²) < 4.78 is 0. The fraction of sp³-hybridized carbons (Fsp3) is 0.421. The van der Waals surface area contributed by atoms with E-state index in [-0.39, 0.29) is 11.8 Å². The van der Waals surface area contributed by atoms with Gasteiger partial charge in [0.15, 0.2) is 0 Å². The normalized spacial score (nSPS) is 19.3. The molecule has 5 heteroatoms. The number of hydrogen-bond donors (Lipinski definition) is 0. The summed E-state index contributed by atoms with van der Waals surface area (Å²) in [6.45, 7) is 2.21. The Balaban J connectivity index is 1.67. The molecule has 24 heavy (non-hydrogen) atoms. The van der Waals surface area contributed by atoms with Crippen molar-refractivity contribution < 1.29 is 4.79 Å². The predicted molar refractivity (Wildman–Crippen MR) is 93.3 cm³/mol. The largest absolute Gasteiger partial charge is 0.337 e. The molecule has 126 valence electrons. The topological polar surface area (TPSA) is 49.3 Å². The molecule has 0 unspecified atom stereocenters. The third-order valence-electron chi connectivity index (χ3n) is 4.45. The Morgan fingerprint density at radius 2 is 1.88 bits per heavy atom. The van der Waals surface area contributed by atoms with Gasteiger partial charge in [-0.05, 0) is 49.7 Å². The van der Waals surface area contributed by atoms with Crippen molar-refractivity contribution in [2.45, 2.75) is 18.9 Å². The number of aromatic nitrogens is 2. The SMILES string of the molecule is CN(C)CCN(Cc1cccnc1)C(=O)[C@@H]1C[C@H]1c1cccnc1. The van der Waals surface area contributed by atoms with E-state index in [0.717, 1.165) is 25.1 Å². The first-order valence-electron chi connectivity index (χ1n) is 8.37. The lowest BCUT2D eigenvalue weighted by molar-refractivity contribution is -0.133. The van der Waals surface area contributed by atoms with Crippen LogP contribution in [0.3, 0.4) is 0 Å². The molecule has 1 amide bonds. The predicted octanol–water partition coefficient (Wildman–Crippen LogP) is 2.17. The van der Waals surface area contributed by atoms with Gasteiger partial charge in [0.2, 0.25) is 5.91 Å². The summed E-state index contributed by atoms with van der Waals surface area (Å²) in [7, 11) is 4.06. The molecule has 0 aromatic carbocycles. The lowest BCUT2D eigenvalue weighted by Gasteiger charge is -2.25. The van der Waals surface area contributed by atoms with Crippen molar-refractivity contribution in [3.8, 4) is 0 Å². The average molecular weight is 324 g/mol. The fourth-order valence-corrected chi connectivity index (χ4v) is 2.97. The van der Waals surface area contributed by atoms with Crippen LogP contribution in [0.1, 0.15) is 23.5 Å². The van der Waals surface area contributed by atoms with Gasteiger partial charge in [-0.25, -0.2) is 0 Å². The highest BCUT2D eigenvalue weighted by atomic mass is 16.2. The van der Waals surface area contributed by atoms with Crippen LogP contribution in [0.15, 0.2) is 49.1 Å². The number of carbonyl (C=O) groups is 1. The zero-order valence-corrected chi connectivity index (χ0v) is 14.3. The van der Waals surface area contributed by atoms with E-state index < -0.39 is 0 Å². The van der Waals surface area contributed by atoms with E-state index in [1.165, 1.54) is 5.56 Å². The van der Waals surface area contributed by atoms with E-state index >= 15 is 0 Å². The maximum atomic E-state index is 13.0. The molecule has 2 aromatic heterocycles. The summed E-state index contributed by atoms with van der Waals surface area (Å²) in [5.74, 6) is 0.657. The zero-order chi connectivity index (χ0) is 16.9. The highest BCUT2D eigenvalue weighted by Crippen LogP contribution is 2.48. The number of pyridine rings is 2. The molecule has 0 radical (unpaired) electrons. The first kappa shape index (κ1) is 16.6. The van der Waals surface area contributed by atoms with E-state index in [1.54, 1.807) is 12.4 Å². The van der Waals surface area contributed by atoms with Crippen molar-refractivity contribution in [1.29, 1.82) is 0 Å². The lowest BCUT2D eigenvalue weighted by Crippen LogP contribution is -2.37. The second-order valence-corrected chi connectivity index (χ2v) is 6.66. The van der Waals surface area contributed by atoms with Crippen LogP contribution < -0.4 is 0 Å². The van der Waals surface area contributed by atoms with Crippen molar-refractivity contribution in [2.75, 3.05) is 27.2 Å². The van der Waals surface area contributed by atoms with Crippen LogP contribution in [0.2, 0.25) is 0 Å². The number of rotatable bonds is 7. The Bertz CT molecular complexity index is 660. The molecule has 1 saturated carbocycles. The van der Waals surface area contributed by atoms with Crippen molar-refractivity contribution >= 4 is 5.91 Å². The molecular formula is C19H24N4O. The Hall–Kier alpha value is -2.27. The molecule has 1 aliphatic rings. The van der Waals surface area contributed by atoms with Crippen LogP contribution in [0.4, 0.5) is 0 Å². The molecule has 3 rings (SSSR count). The van der Waals surface area contributed by atoms with Gasteiger partial charge in [0, 0.05) is 50.3 Å². The van der Waals surface area contributed by atoms with Gasteiger partial charge in [-0.1, -0.05) is 12.1 Å². The monoisotopic (exact) mass is 324 g/mol. The molecule has 0 N–H and O–H groups in total. The third-order valence-corrected chi connectivity index (χ3v) is 4.45. The molecule has 2 heterocycles. The van der Waals surface area contributed by atoms with Crippen molar-refractivity contribution in [2.24, 2.45) is 5.92 Å². The van der Waals surface area contributed by atoms with Gasteiger partial charge in [0.25, 0.3) is 0 Å². The average Bonchev–Trinajstić information content (AvgIpc) is 3.40. The molecule has 0 saturated heterocycles. The van der Waals surface area contributed by atoms with Crippen LogP contribution in [0, 0.1) is 5.92 Å². The molecule has 0 aliphatic heterocycles. The number of nitrogens with zero attached hydrogens (tertiary/aromatic N) is 4. The summed E-state index contributed by atoms with van der Waals surface area (Å²) in [6.07, 6.45) is 8.17. The lowest BCUT2D eigenvalue weighted by atomic mass is 10.1. The van der Waals surface area contributed by atoms with Crippen molar-refractivity contribution in [1.82, 2.24) is 19.8 Å². The van der Waals surface area contributed by atoms with Crippen LogP contribution in [0.25, 0.3) is 0 Å². The van der Waals surface area contributed by atoms with Gasteiger partial charge in [0.1, 0.15) is 0 Å². The van der Waals surface area contributed by atoms with Crippen molar-refractivity contribution in [3.05, 3.63) is 60.2 Å². The zero-order valence-electron chi connectivity index (χ0n) is 14.3. The number of amides is 1. The van der Waals surface area contributed by atoms with Gasteiger partial charge >= 0.3 is 0 Å². The summed E-state index contributed by atoms with van der Waals surface area (Å²) in [5.41, 5.74) is 2.24. The van der Waals surface area contributed by atoms with Gasteiger partial charge < -0.3 is 9.80 Å². The minimum Gasteiger partial charge on any atom is -0.337 e. The molecule has 2 aromatic rings. The fourth-order valence-electron chi connectivity index (χ4n) is 2.97. The second-order valence-electron chi connectivity index (χ2n) is 6.66. The molecule has 1 aliphatic carbocycles.